The van der Waals surface area contributed by atoms with Crippen LogP contribution in [0.25, 0.3) is 0 Å². The van der Waals surface area contributed by atoms with Gasteiger partial charge in [0.2, 0.25) is 0 Å². The number of hydrogen-bond donors (Lipinski definition) is 0. The van der Waals surface area contributed by atoms with Crippen molar-refractivity contribution >= 4 is 28.9 Å². The molecular formula is C21H18N2O5S. The molecule has 3 aromatic rings. The van der Waals surface area contributed by atoms with E-state index in [-0.39, 0.29) is 6.04 Å². The number of nitrogens with zero attached hydrogens (tertiary/aromatic N) is 2. The highest BCUT2D eigenvalue weighted by Gasteiger charge is 2.35. The Balaban J connectivity index is 1.46. The summed E-state index contributed by atoms with van der Waals surface area (Å²) in [6, 6.07) is 13.6. The first-order valence-corrected chi connectivity index (χ1v) is 9.81. The van der Waals surface area contributed by atoms with Crippen LogP contribution in [0.4, 0.5) is 0 Å². The SMILES string of the molecule is COc1ccc(C(=O)OCC(=O)N2N=C(c3cccs3)CC2c2ccco2)cc1. The van der Waals surface area contributed by atoms with Gasteiger partial charge in [0.25, 0.3) is 5.91 Å². The van der Waals surface area contributed by atoms with Crippen molar-refractivity contribution in [3.63, 3.8) is 0 Å². The normalized spacial score (nSPS) is 15.8. The molecule has 1 unspecified atom stereocenters. The van der Waals surface area contributed by atoms with Crippen LogP contribution >= 0.6 is 11.3 Å². The molecule has 0 saturated carbocycles. The smallest absolute Gasteiger partial charge is 0.338 e. The fraction of sp³-hybridized carbons (Fsp3) is 0.190. The maximum absolute atomic E-state index is 12.8. The lowest BCUT2D eigenvalue weighted by Crippen LogP contribution is -2.31. The quantitative estimate of drug-likeness (QED) is 0.576. The molecule has 1 atom stereocenters. The Morgan fingerprint density at radius 3 is 2.69 bits per heavy atom. The van der Waals surface area contributed by atoms with E-state index in [1.54, 1.807) is 61.1 Å². The number of hydrogen-bond acceptors (Lipinski definition) is 7. The molecule has 0 aliphatic carbocycles. The van der Waals surface area contributed by atoms with Crippen LogP contribution in [0.1, 0.15) is 33.5 Å². The van der Waals surface area contributed by atoms with Gasteiger partial charge < -0.3 is 13.9 Å². The molecule has 1 aliphatic rings. The number of benzene rings is 1. The first-order chi connectivity index (χ1) is 14.2. The second-order valence-corrected chi connectivity index (χ2v) is 7.25. The molecule has 0 N–H and O–H groups in total. The van der Waals surface area contributed by atoms with Crippen LogP contribution in [-0.4, -0.2) is 36.3 Å². The number of carbonyl (C=O) groups is 2. The van der Waals surface area contributed by atoms with Crippen molar-refractivity contribution in [3.8, 4) is 5.75 Å². The van der Waals surface area contributed by atoms with E-state index in [0.29, 0.717) is 23.5 Å². The monoisotopic (exact) mass is 410 g/mol. The van der Waals surface area contributed by atoms with Crippen LogP contribution in [0.15, 0.2) is 69.7 Å². The highest BCUT2D eigenvalue weighted by Crippen LogP contribution is 2.34. The number of esters is 1. The van der Waals surface area contributed by atoms with Crippen LogP contribution in [-0.2, 0) is 9.53 Å². The van der Waals surface area contributed by atoms with Crippen molar-refractivity contribution in [3.05, 3.63) is 76.4 Å². The van der Waals surface area contributed by atoms with Crippen molar-refractivity contribution in [2.75, 3.05) is 13.7 Å². The molecule has 29 heavy (non-hydrogen) atoms. The van der Waals surface area contributed by atoms with Gasteiger partial charge in [-0.05, 0) is 47.8 Å². The van der Waals surface area contributed by atoms with Gasteiger partial charge in [0.15, 0.2) is 6.61 Å². The lowest BCUT2D eigenvalue weighted by Gasteiger charge is -2.19. The first-order valence-electron chi connectivity index (χ1n) is 8.93. The maximum atomic E-state index is 12.8. The van der Waals surface area contributed by atoms with Crippen LogP contribution < -0.4 is 4.74 Å². The second-order valence-electron chi connectivity index (χ2n) is 6.30. The molecule has 4 rings (SSSR count). The van der Waals surface area contributed by atoms with E-state index in [9.17, 15) is 9.59 Å². The van der Waals surface area contributed by atoms with Crippen LogP contribution in [0.3, 0.4) is 0 Å². The summed E-state index contributed by atoms with van der Waals surface area (Å²) in [6.07, 6.45) is 2.09. The minimum atomic E-state index is -0.586. The third-order valence-electron chi connectivity index (χ3n) is 4.50. The Kier molecular flexibility index (Phi) is 5.44. The van der Waals surface area contributed by atoms with E-state index in [2.05, 4.69) is 5.10 Å². The van der Waals surface area contributed by atoms with Gasteiger partial charge >= 0.3 is 5.97 Å². The summed E-state index contributed by atoms with van der Waals surface area (Å²) in [4.78, 5) is 26.0. The van der Waals surface area contributed by atoms with Gasteiger partial charge in [0.05, 0.1) is 29.5 Å². The Bertz CT molecular complexity index is 1010. The third kappa shape index (κ3) is 4.07. The molecule has 0 fully saturated rings. The van der Waals surface area contributed by atoms with Crippen molar-refractivity contribution in [2.45, 2.75) is 12.5 Å². The zero-order valence-electron chi connectivity index (χ0n) is 15.6. The van der Waals surface area contributed by atoms with Crippen molar-refractivity contribution in [2.24, 2.45) is 5.10 Å². The Morgan fingerprint density at radius 1 is 1.21 bits per heavy atom. The molecule has 0 saturated heterocycles. The number of amides is 1. The lowest BCUT2D eigenvalue weighted by atomic mass is 10.1. The zero-order chi connectivity index (χ0) is 20.2. The minimum absolute atomic E-state index is 0.338. The topological polar surface area (TPSA) is 81.3 Å². The van der Waals surface area contributed by atoms with Gasteiger partial charge in [-0.1, -0.05) is 6.07 Å². The number of thiophene rings is 1. The molecule has 8 heteroatoms. The predicted octanol–water partition coefficient (Wildman–Crippen LogP) is 3.88. The molecule has 2 aromatic heterocycles. The standard InChI is InChI=1S/C21H18N2O5S/c1-26-15-8-6-14(7-9-15)21(25)28-13-20(24)23-17(18-4-2-10-27-18)12-16(22-23)19-5-3-11-29-19/h2-11,17H,12-13H2,1H3. The summed E-state index contributed by atoms with van der Waals surface area (Å²) in [5.74, 6) is 0.263. The molecule has 3 heterocycles. The first kappa shape index (κ1) is 18.9. The molecule has 1 aromatic carbocycles. The van der Waals surface area contributed by atoms with Crippen molar-refractivity contribution in [1.29, 1.82) is 0 Å². The molecule has 1 aliphatic heterocycles. The van der Waals surface area contributed by atoms with E-state index in [4.69, 9.17) is 13.9 Å². The summed E-state index contributed by atoms with van der Waals surface area (Å²) in [5.41, 5.74) is 1.14. The summed E-state index contributed by atoms with van der Waals surface area (Å²) in [6.45, 7) is -0.413. The van der Waals surface area contributed by atoms with Crippen LogP contribution in [0, 0.1) is 0 Å². The lowest BCUT2D eigenvalue weighted by molar-refractivity contribution is -0.136. The van der Waals surface area contributed by atoms with E-state index < -0.39 is 18.5 Å². The van der Waals surface area contributed by atoms with Gasteiger partial charge in [-0.25, -0.2) is 9.80 Å². The van der Waals surface area contributed by atoms with Gasteiger partial charge in [-0.2, -0.15) is 5.10 Å². The van der Waals surface area contributed by atoms with E-state index in [1.807, 2.05) is 17.5 Å². The van der Waals surface area contributed by atoms with Gasteiger partial charge in [-0.3, -0.25) is 4.79 Å². The van der Waals surface area contributed by atoms with E-state index >= 15 is 0 Å². The Labute approximate surface area is 171 Å². The van der Waals surface area contributed by atoms with Gasteiger partial charge in [0, 0.05) is 6.42 Å². The zero-order valence-corrected chi connectivity index (χ0v) is 16.4. The second kappa shape index (κ2) is 8.32. The number of rotatable bonds is 6. The average molecular weight is 410 g/mol. The molecule has 1 amide bonds. The minimum Gasteiger partial charge on any atom is -0.497 e. The van der Waals surface area contributed by atoms with E-state index in [1.165, 1.54) is 5.01 Å². The Morgan fingerprint density at radius 2 is 2.03 bits per heavy atom. The van der Waals surface area contributed by atoms with Crippen molar-refractivity contribution in [1.82, 2.24) is 5.01 Å². The summed E-state index contributed by atoms with van der Waals surface area (Å²) in [5, 5.41) is 7.79. The maximum Gasteiger partial charge on any atom is 0.338 e. The summed E-state index contributed by atoms with van der Waals surface area (Å²) in [7, 11) is 1.54. The number of carbonyl (C=O) groups excluding carboxylic acids is 2. The van der Waals surface area contributed by atoms with E-state index in [0.717, 1.165) is 10.6 Å². The molecule has 0 spiro atoms. The number of hydrazone groups is 1. The Hall–Kier alpha value is -3.39. The molecule has 148 valence electrons. The molecule has 7 nitrogen and oxygen atoms in total. The summed E-state index contributed by atoms with van der Waals surface area (Å²) < 4.78 is 15.8. The van der Waals surface area contributed by atoms with Crippen LogP contribution in [0.2, 0.25) is 0 Å². The average Bonchev–Trinajstić information content (AvgIpc) is 3.51. The van der Waals surface area contributed by atoms with Crippen molar-refractivity contribution < 1.29 is 23.5 Å². The summed E-state index contributed by atoms with van der Waals surface area (Å²) >= 11 is 1.56. The fourth-order valence-electron chi connectivity index (χ4n) is 3.04. The number of furan rings is 1. The third-order valence-corrected chi connectivity index (χ3v) is 5.41. The molecular weight excluding hydrogens is 392 g/mol. The highest BCUT2D eigenvalue weighted by atomic mass is 32.1. The number of ether oxygens (including phenoxy) is 2. The van der Waals surface area contributed by atoms with Crippen LogP contribution in [0.5, 0.6) is 5.75 Å². The molecule has 0 radical (unpaired) electrons. The fourth-order valence-corrected chi connectivity index (χ4v) is 3.76. The molecule has 0 bridgehead atoms. The number of methoxy groups -OCH3 is 1. The van der Waals surface area contributed by atoms with Gasteiger partial charge in [-0.15, -0.1) is 11.3 Å². The predicted molar refractivity (Wildman–Crippen MR) is 107 cm³/mol. The largest absolute Gasteiger partial charge is 0.497 e. The highest BCUT2D eigenvalue weighted by molar-refractivity contribution is 7.12. The van der Waals surface area contributed by atoms with Gasteiger partial charge in [0.1, 0.15) is 17.6 Å².